The van der Waals surface area contributed by atoms with Crippen LogP contribution >= 0.6 is 0 Å². The Kier molecular flexibility index (Phi) is 5.08. The number of ether oxygens (including phenoxy) is 1. The molecule has 4 N–H and O–H groups in total. The number of nitrogens with two attached hydrogens (primary N) is 1. The Morgan fingerprint density at radius 1 is 1.40 bits per heavy atom. The van der Waals surface area contributed by atoms with Crippen LogP contribution in [0.15, 0.2) is 18.2 Å². The van der Waals surface area contributed by atoms with Gasteiger partial charge in [-0.1, -0.05) is 6.07 Å². The van der Waals surface area contributed by atoms with Crippen LogP contribution in [0.3, 0.4) is 0 Å². The Morgan fingerprint density at radius 3 is 2.55 bits per heavy atom. The maximum atomic E-state index is 11.9. The molecule has 0 radical (unpaired) electrons. The van der Waals surface area contributed by atoms with Crippen molar-refractivity contribution in [1.82, 2.24) is 5.32 Å². The lowest BCUT2D eigenvalue weighted by Crippen LogP contribution is -2.42. The van der Waals surface area contributed by atoms with Crippen LogP contribution in [0.4, 0.5) is 5.69 Å². The fourth-order valence-electron chi connectivity index (χ4n) is 1.47. The summed E-state index contributed by atoms with van der Waals surface area (Å²) in [5, 5.41) is 11.2. The van der Waals surface area contributed by atoms with Crippen molar-refractivity contribution in [2.75, 3.05) is 12.8 Å². The van der Waals surface area contributed by atoms with Crippen molar-refractivity contribution in [3.8, 4) is 0 Å². The first kappa shape index (κ1) is 15.5. The molecule has 7 heteroatoms. The van der Waals surface area contributed by atoms with E-state index in [9.17, 15) is 14.4 Å². The molecular formula is C13H16N2O5. The van der Waals surface area contributed by atoms with Crippen LogP contribution in [0.25, 0.3) is 0 Å². The standard InChI is InChI=1S/C13H16N2O5/c1-7-3-4-8(5-9(7)14)12(17)15-10(13(18)19)6-11(16)20-2/h3-5,10H,6,14H2,1-2H3,(H,15,17)(H,18,19)/t10-/m0/s1. The summed E-state index contributed by atoms with van der Waals surface area (Å²) in [6.45, 7) is 1.79. The summed E-state index contributed by atoms with van der Waals surface area (Å²) >= 11 is 0. The molecule has 0 saturated heterocycles. The fraction of sp³-hybridized carbons (Fsp3) is 0.308. The molecule has 0 aromatic heterocycles. The second kappa shape index (κ2) is 6.55. The Hall–Kier alpha value is -2.57. The van der Waals surface area contributed by atoms with Gasteiger partial charge in [-0.25, -0.2) is 4.79 Å². The Labute approximate surface area is 115 Å². The normalized spacial score (nSPS) is 11.5. The predicted molar refractivity (Wildman–Crippen MR) is 71.1 cm³/mol. The van der Waals surface area contributed by atoms with Crippen LogP contribution in [0.5, 0.6) is 0 Å². The van der Waals surface area contributed by atoms with E-state index in [2.05, 4.69) is 10.1 Å². The van der Waals surface area contributed by atoms with Gasteiger partial charge in [0.15, 0.2) is 0 Å². The van der Waals surface area contributed by atoms with E-state index >= 15 is 0 Å². The summed E-state index contributed by atoms with van der Waals surface area (Å²) < 4.78 is 4.38. The van der Waals surface area contributed by atoms with Crippen LogP contribution in [-0.2, 0) is 14.3 Å². The quantitative estimate of drug-likeness (QED) is 0.528. The predicted octanol–water partition coefficient (Wildman–Crippen LogP) is 0.323. The van der Waals surface area contributed by atoms with E-state index in [1.807, 2.05) is 0 Å². The van der Waals surface area contributed by atoms with Gasteiger partial charge in [0.25, 0.3) is 5.91 Å². The monoisotopic (exact) mass is 280 g/mol. The highest BCUT2D eigenvalue weighted by Gasteiger charge is 2.24. The van der Waals surface area contributed by atoms with Crippen molar-refractivity contribution in [3.63, 3.8) is 0 Å². The van der Waals surface area contributed by atoms with Gasteiger partial charge in [-0.3, -0.25) is 9.59 Å². The summed E-state index contributed by atoms with van der Waals surface area (Å²) in [6, 6.07) is 3.28. The first-order valence-electron chi connectivity index (χ1n) is 5.81. The maximum Gasteiger partial charge on any atom is 0.326 e. The van der Waals surface area contributed by atoms with E-state index in [1.54, 1.807) is 13.0 Å². The number of aliphatic carboxylic acids is 1. The number of carboxylic acids is 1. The van der Waals surface area contributed by atoms with Crippen molar-refractivity contribution in [2.24, 2.45) is 0 Å². The van der Waals surface area contributed by atoms with Gasteiger partial charge in [0, 0.05) is 11.3 Å². The van der Waals surface area contributed by atoms with Crippen LogP contribution in [0.1, 0.15) is 22.3 Å². The Bertz CT molecular complexity index is 542. The smallest absolute Gasteiger partial charge is 0.326 e. The number of benzene rings is 1. The van der Waals surface area contributed by atoms with Gasteiger partial charge in [-0.15, -0.1) is 0 Å². The van der Waals surface area contributed by atoms with Crippen LogP contribution in [0.2, 0.25) is 0 Å². The SMILES string of the molecule is COC(=O)C[C@H](NC(=O)c1ccc(C)c(N)c1)C(=O)O. The van der Waals surface area contributed by atoms with E-state index in [0.717, 1.165) is 12.7 Å². The molecule has 108 valence electrons. The zero-order chi connectivity index (χ0) is 15.3. The number of nitrogen functional groups attached to an aromatic ring is 1. The molecule has 0 bridgehead atoms. The molecule has 0 spiro atoms. The van der Waals surface area contributed by atoms with Crippen molar-refractivity contribution in [1.29, 1.82) is 0 Å². The number of anilines is 1. The molecule has 7 nitrogen and oxygen atoms in total. The summed E-state index contributed by atoms with van der Waals surface area (Å²) in [5.41, 5.74) is 7.15. The summed E-state index contributed by atoms with van der Waals surface area (Å²) in [4.78, 5) is 34.0. The molecular weight excluding hydrogens is 264 g/mol. The minimum Gasteiger partial charge on any atom is -0.480 e. The average molecular weight is 280 g/mol. The number of esters is 1. The highest BCUT2D eigenvalue weighted by molar-refractivity contribution is 5.98. The van der Waals surface area contributed by atoms with Gasteiger partial charge in [0.2, 0.25) is 0 Å². The number of carboxylic acid groups (broad SMARTS) is 1. The molecule has 0 saturated carbocycles. The summed E-state index contributed by atoms with van der Waals surface area (Å²) in [7, 11) is 1.14. The second-order valence-electron chi connectivity index (χ2n) is 4.22. The van der Waals surface area contributed by atoms with Gasteiger partial charge in [0.1, 0.15) is 6.04 Å². The molecule has 1 aromatic carbocycles. The number of carbonyl (C=O) groups excluding carboxylic acids is 2. The molecule has 0 aliphatic heterocycles. The van der Waals surface area contributed by atoms with Gasteiger partial charge >= 0.3 is 11.9 Å². The lowest BCUT2D eigenvalue weighted by molar-refractivity contribution is -0.147. The highest BCUT2D eigenvalue weighted by atomic mass is 16.5. The maximum absolute atomic E-state index is 11.9. The topological polar surface area (TPSA) is 119 Å². The lowest BCUT2D eigenvalue weighted by Gasteiger charge is -2.13. The van der Waals surface area contributed by atoms with Crippen molar-refractivity contribution >= 4 is 23.5 Å². The minimum absolute atomic E-state index is 0.226. The molecule has 1 aromatic rings. The fourth-order valence-corrected chi connectivity index (χ4v) is 1.47. The third kappa shape index (κ3) is 3.98. The molecule has 1 amide bonds. The molecule has 0 fully saturated rings. The number of aryl methyl sites for hydroxylation is 1. The molecule has 0 aliphatic rings. The number of rotatable bonds is 5. The zero-order valence-corrected chi connectivity index (χ0v) is 11.2. The van der Waals surface area contributed by atoms with Crippen LogP contribution in [-0.4, -0.2) is 36.1 Å². The Morgan fingerprint density at radius 2 is 2.05 bits per heavy atom. The van der Waals surface area contributed by atoms with Gasteiger partial charge < -0.3 is 20.9 Å². The van der Waals surface area contributed by atoms with Crippen LogP contribution in [0, 0.1) is 6.92 Å². The number of carbonyl (C=O) groups is 3. The van der Waals surface area contributed by atoms with Crippen molar-refractivity contribution in [2.45, 2.75) is 19.4 Å². The van der Waals surface area contributed by atoms with E-state index in [1.165, 1.54) is 12.1 Å². The lowest BCUT2D eigenvalue weighted by atomic mass is 10.1. The number of methoxy groups -OCH3 is 1. The van der Waals surface area contributed by atoms with E-state index < -0.39 is 30.3 Å². The number of amides is 1. The molecule has 0 unspecified atom stereocenters. The van der Waals surface area contributed by atoms with Gasteiger partial charge in [-0.05, 0) is 24.6 Å². The van der Waals surface area contributed by atoms with Crippen molar-refractivity contribution < 1.29 is 24.2 Å². The number of nitrogens with one attached hydrogen (secondary N) is 1. The molecule has 20 heavy (non-hydrogen) atoms. The van der Waals surface area contributed by atoms with Crippen molar-refractivity contribution in [3.05, 3.63) is 29.3 Å². The summed E-state index contributed by atoms with van der Waals surface area (Å²) in [6.07, 6.45) is -0.446. The molecule has 0 aliphatic carbocycles. The van der Waals surface area contributed by atoms with E-state index in [0.29, 0.717) is 5.69 Å². The van der Waals surface area contributed by atoms with Gasteiger partial charge in [0.05, 0.1) is 13.5 Å². The average Bonchev–Trinajstić information content (AvgIpc) is 2.40. The third-order valence-electron chi connectivity index (χ3n) is 2.74. The zero-order valence-electron chi connectivity index (χ0n) is 11.2. The number of hydrogen-bond donors (Lipinski definition) is 3. The first-order chi connectivity index (χ1) is 9.35. The first-order valence-corrected chi connectivity index (χ1v) is 5.81. The molecule has 1 rings (SSSR count). The largest absolute Gasteiger partial charge is 0.480 e. The highest BCUT2D eigenvalue weighted by Crippen LogP contribution is 2.13. The number of hydrogen-bond acceptors (Lipinski definition) is 5. The molecule has 1 atom stereocenters. The van der Waals surface area contributed by atoms with Crippen LogP contribution < -0.4 is 11.1 Å². The summed E-state index contributed by atoms with van der Waals surface area (Å²) in [5.74, 6) is -2.65. The van der Waals surface area contributed by atoms with E-state index in [4.69, 9.17) is 10.8 Å². The third-order valence-corrected chi connectivity index (χ3v) is 2.74. The second-order valence-corrected chi connectivity index (χ2v) is 4.22. The van der Waals surface area contributed by atoms with E-state index in [-0.39, 0.29) is 5.56 Å². The minimum atomic E-state index is -1.35. The van der Waals surface area contributed by atoms with Gasteiger partial charge in [-0.2, -0.15) is 0 Å². The Balaban J connectivity index is 2.82. The molecule has 0 heterocycles.